The molecule has 0 aromatic heterocycles. The molecular weight excluding hydrogens is 148 g/mol. The number of hydrogen-bond donors (Lipinski definition) is 0. The minimum atomic E-state index is 0.395. The summed E-state index contributed by atoms with van der Waals surface area (Å²) >= 11 is 0. The lowest BCUT2D eigenvalue weighted by molar-refractivity contribution is -0.120. The first-order chi connectivity index (χ1) is 5.84. The molecule has 0 unspecified atom stereocenters. The Kier molecular flexibility index (Phi) is 4.06. The SMILES string of the molecule is CC/C=C/CC[C@@H]1CCCC1=O. The zero-order valence-electron chi connectivity index (χ0n) is 7.88. The van der Waals surface area contributed by atoms with Crippen LogP contribution in [0.1, 0.15) is 45.4 Å². The zero-order valence-corrected chi connectivity index (χ0v) is 7.88. The molecule has 1 aliphatic carbocycles. The number of ketones is 1. The van der Waals surface area contributed by atoms with Crippen molar-refractivity contribution in [3.63, 3.8) is 0 Å². The molecule has 1 heteroatoms. The standard InChI is InChI=1S/C11H18O/c1-2-3-4-5-7-10-8-6-9-11(10)12/h3-4,10H,2,5-9H2,1H3/b4-3+/t10-/m1/s1. The maximum Gasteiger partial charge on any atom is 0.135 e. The van der Waals surface area contributed by atoms with Gasteiger partial charge in [-0.1, -0.05) is 19.1 Å². The largest absolute Gasteiger partial charge is 0.299 e. The lowest BCUT2D eigenvalue weighted by atomic mass is 10.0. The van der Waals surface area contributed by atoms with Gasteiger partial charge in [0, 0.05) is 12.3 Å². The van der Waals surface area contributed by atoms with E-state index in [-0.39, 0.29) is 0 Å². The highest BCUT2D eigenvalue weighted by Gasteiger charge is 2.22. The summed E-state index contributed by atoms with van der Waals surface area (Å²) in [5.41, 5.74) is 0. The van der Waals surface area contributed by atoms with Crippen molar-refractivity contribution >= 4 is 5.78 Å². The molecule has 0 saturated heterocycles. The summed E-state index contributed by atoms with van der Waals surface area (Å²) in [6.45, 7) is 2.14. The van der Waals surface area contributed by atoms with Crippen LogP contribution in [0, 0.1) is 5.92 Å². The second kappa shape index (κ2) is 5.13. The van der Waals surface area contributed by atoms with Crippen LogP contribution in [0.4, 0.5) is 0 Å². The van der Waals surface area contributed by atoms with Crippen LogP contribution in [0.15, 0.2) is 12.2 Å². The molecule has 1 fully saturated rings. The molecule has 1 rings (SSSR count). The van der Waals surface area contributed by atoms with E-state index >= 15 is 0 Å². The van der Waals surface area contributed by atoms with Gasteiger partial charge in [-0.25, -0.2) is 0 Å². The Morgan fingerprint density at radius 3 is 2.92 bits per heavy atom. The van der Waals surface area contributed by atoms with E-state index in [2.05, 4.69) is 19.1 Å². The van der Waals surface area contributed by atoms with E-state index in [4.69, 9.17) is 0 Å². The van der Waals surface area contributed by atoms with E-state index in [0.29, 0.717) is 11.7 Å². The summed E-state index contributed by atoms with van der Waals surface area (Å²) in [5.74, 6) is 0.895. The smallest absolute Gasteiger partial charge is 0.135 e. The Hall–Kier alpha value is -0.590. The van der Waals surface area contributed by atoms with E-state index in [9.17, 15) is 4.79 Å². The molecule has 0 amide bonds. The highest BCUT2D eigenvalue weighted by molar-refractivity contribution is 5.82. The van der Waals surface area contributed by atoms with Crippen LogP contribution >= 0.6 is 0 Å². The van der Waals surface area contributed by atoms with Gasteiger partial charge in [0.05, 0.1) is 0 Å². The Balaban J connectivity index is 2.14. The van der Waals surface area contributed by atoms with Crippen molar-refractivity contribution in [2.24, 2.45) is 5.92 Å². The maximum atomic E-state index is 11.2. The molecule has 0 N–H and O–H groups in total. The average molecular weight is 166 g/mol. The summed E-state index contributed by atoms with van der Waals surface area (Å²) in [5, 5.41) is 0. The van der Waals surface area contributed by atoms with Crippen LogP contribution in [0.2, 0.25) is 0 Å². The van der Waals surface area contributed by atoms with Crippen molar-refractivity contribution in [2.45, 2.75) is 45.4 Å². The van der Waals surface area contributed by atoms with Crippen LogP contribution in [-0.2, 0) is 4.79 Å². The van der Waals surface area contributed by atoms with Crippen LogP contribution < -0.4 is 0 Å². The molecule has 0 spiro atoms. The maximum absolute atomic E-state index is 11.2. The molecule has 1 atom stereocenters. The number of rotatable bonds is 4. The van der Waals surface area contributed by atoms with Crippen LogP contribution in [0.25, 0.3) is 0 Å². The molecule has 0 heterocycles. The first-order valence-electron chi connectivity index (χ1n) is 5.02. The van der Waals surface area contributed by atoms with E-state index in [1.807, 2.05) is 0 Å². The highest BCUT2D eigenvalue weighted by atomic mass is 16.1. The Morgan fingerprint density at radius 1 is 1.50 bits per heavy atom. The lowest BCUT2D eigenvalue weighted by Gasteiger charge is -2.03. The molecule has 1 nitrogen and oxygen atoms in total. The summed E-state index contributed by atoms with van der Waals surface area (Å²) in [7, 11) is 0. The fourth-order valence-electron chi connectivity index (χ4n) is 1.78. The lowest BCUT2D eigenvalue weighted by Crippen LogP contribution is -2.04. The normalized spacial score (nSPS) is 24.1. The molecule has 68 valence electrons. The molecule has 0 aliphatic heterocycles. The van der Waals surface area contributed by atoms with E-state index in [1.165, 1.54) is 0 Å². The Bertz CT molecular complexity index is 170. The molecule has 0 bridgehead atoms. The molecular formula is C11H18O. The quantitative estimate of drug-likeness (QED) is 0.586. The van der Waals surface area contributed by atoms with E-state index < -0.39 is 0 Å². The minimum absolute atomic E-state index is 0.395. The fourth-order valence-corrected chi connectivity index (χ4v) is 1.78. The van der Waals surface area contributed by atoms with Gasteiger partial charge in [-0.2, -0.15) is 0 Å². The molecule has 12 heavy (non-hydrogen) atoms. The summed E-state index contributed by atoms with van der Waals surface area (Å²) in [4.78, 5) is 11.2. The summed E-state index contributed by atoms with van der Waals surface area (Å²) in [6.07, 6.45) is 10.8. The molecule has 1 saturated carbocycles. The predicted octanol–water partition coefficient (Wildman–Crippen LogP) is 3.10. The van der Waals surface area contributed by atoms with Gasteiger partial charge in [0.1, 0.15) is 5.78 Å². The number of carbonyl (C=O) groups excluding carboxylic acids is 1. The Morgan fingerprint density at radius 2 is 2.33 bits per heavy atom. The van der Waals surface area contributed by atoms with Gasteiger partial charge in [0.25, 0.3) is 0 Å². The first kappa shape index (κ1) is 9.50. The molecule has 0 radical (unpaired) electrons. The number of Topliss-reactive ketones (excluding diaryl/α,β-unsaturated/α-hetero) is 1. The van der Waals surface area contributed by atoms with Crippen molar-refractivity contribution in [2.75, 3.05) is 0 Å². The summed E-state index contributed by atoms with van der Waals surface area (Å²) in [6, 6.07) is 0. The Labute approximate surface area is 74.9 Å². The second-order valence-corrected chi connectivity index (χ2v) is 3.51. The molecule has 1 aliphatic rings. The van der Waals surface area contributed by atoms with Gasteiger partial charge in [0.2, 0.25) is 0 Å². The molecule has 0 aromatic rings. The third kappa shape index (κ3) is 2.80. The van der Waals surface area contributed by atoms with Crippen LogP contribution in [-0.4, -0.2) is 5.78 Å². The van der Waals surface area contributed by atoms with Gasteiger partial charge >= 0.3 is 0 Å². The van der Waals surface area contributed by atoms with Crippen molar-refractivity contribution in [3.8, 4) is 0 Å². The highest BCUT2D eigenvalue weighted by Crippen LogP contribution is 2.25. The van der Waals surface area contributed by atoms with Crippen molar-refractivity contribution in [1.82, 2.24) is 0 Å². The minimum Gasteiger partial charge on any atom is -0.299 e. The van der Waals surface area contributed by atoms with E-state index in [1.54, 1.807) is 0 Å². The van der Waals surface area contributed by atoms with Gasteiger partial charge in [-0.15, -0.1) is 0 Å². The summed E-state index contributed by atoms with van der Waals surface area (Å²) < 4.78 is 0. The topological polar surface area (TPSA) is 17.1 Å². The number of carbonyl (C=O) groups is 1. The second-order valence-electron chi connectivity index (χ2n) is 3.51. The average Bonchev–Trinajstić information content (AvgIpc) is 2.46. The van der Waals surface area contributed by atoms with Gasteiger partial charge < -0.3 is 0 Å². The third-order valence-corrected chi connectivity index (χ3v) is 2.52. The van der Waals surface area contributed by atoms with Gasteiger partial charge in [-0.3, -0.25) is 4.79 Å². The zero-order chi connectivity index (χ0) is 8.81. The third-order valence-electron chi connectivity index (χ3n) is 2.52. The monoisotopic (exact) mass is 166 g/mol. The van der Waals surface area contributed by atoms with Crippen LogP contribution in [0.5, 0.6) is 0 Å². The number of allylic oxidation sites excluding steroid dienone is 2. The van der Waals surface area contributed by atoms with Gasteiger partial charge in [-0.05, 0) is 32.1 Å². The van der Waals surface area contributed by atoms with Crippen LogP contribution in [0.3, 0.4) is 0 Å². The van der Waals surface area contributed by atoms with E-state index in [0.717, 1.165) is 38.5 Å². The first-order valence-corrected chi connectivity index (χ1v) is 5.02. The molecule has 0 aromatic carbocycles. The van der Waals surface area contributed by atoms with Crippen molar-refractivity contribution in [1.29, 1.82) is 0 Å². The fraction of sp³-hybridized carbons (Fsp3) is 0.727. The van der Waals surface area contributed by atoms with Gasteiger partial charge in [0.15, 0.2) is 0 Å². The number of hydrogen-bond acceptors (Lipinski definition) is 1. The van der Waals surface area contributed by atoms with Crippen molar-refractivity contribution < 1.29 is 4.79 Å². The predicted molar refractivity (Wildman–Crippen MR) is 51.0 cm³/mol. The van der Waals surface area contributed by atoms with Crippen molar-refractivity contribution in [3.05, 3.63) is 12.2 Å².